The van der Waals surface area contributed by atoms with Gasteiger partial charge < -0.3 is 20.4 Å². The first-order valence-corrected chi connectivity index (χ1v) is 5.53. The van der Waals surface area contributed by atoms with Crippen molar-refractivity contribution in [2.24, 2.45) is 5.41 Å². The second-order valence-corrected chi connectivity index (χ2v) is 4.97. The lowest BCUT2D eigenvalue weighted by molar-refractivity contribution is -0.149. The van der Waals surface area contributed by atoms with E-state index in [0.29, 0.717) is 4.90 Å². The number of aliphatic carboxylic acids is 2. The van der Waals surface area contributed by atoms with Crippen molar-refractivity contribution in [3.8, 4) is 0 Å². The van der Waals surface area contributed by atoms with Crippen LogP contribution in [0.25, 0.3) is 0 Å². The van der Waals surface area contributed by atoms with Gasteiger partial charge in [0.15, 0.2) is 0 Å². The predicted octanol–water partition coefficient (Wildman–Crippen LogP) is -0.853. The van der Waals surface area contributed by atoms with Crippen LogP contribution in [0.5, 0.6) is 0 Å². The van der Waals surface area contributed by atoms with E-state index in [2.05, 4.69) is 5.32 Å². The smallest absolute Gasteiger partial charge is 0.323 e. The highest BCUT2D eigenvalue weighted by atomic mass is 16.4. The number of carboxylic acid groups (broad SMARTS) is 2. The number of rotatable bonds is 6. The summed E-state index contributed by atoms with van der Waals surface area (Å²) >= 11 is 0. The summed E-state index contributed by atoms with van der Waals surface area (Å²) in [5, 5.41) is 19.5. The van der Waals surface area contributed by atoms with Crippen molar-refractivity contribution in [2.75, 3.05) is 19.6 Å². The van der Waals surface area contributed by atoms with Gasteiger partial charge in [0.1, 0.15) is 13.1 Å². The van der Waals surface area contributed by atoms with Crippen LogP contribution in [0.2, 0.25) is 0 Å². The maximum Gasteiger partial charge on any atom is 0.323 e. The van der Waals surface area contributed by atoms with E-state index in [9.17, 15) is 19.2 Å². The molecule has 0 heterocycles. The monoisotopic (exact) mass is 274 g/mol. The van der Waals surface area contributed by atoms with Gasteiger partial charge >= 0.3 is 11.9 Å². The summed E-state index contributed by atoms with van der Waals surface area (Å²) in [5.41, 5.74) is -0.690. The SMILES string of the molecule is CC(C)(C)C(=O)NCC(=O)N(CC(=O)O)CC(=O)O. The molecule has 0 saturated carbocycles. The number of carbonyl (C=O) groups is 4. The van der Waals surface area contributed by atoms with E-state index in [1.807, 2.05) is 0 Å². The number of hydrogen-bond acceptors (Lipinski definition) is 4. The Kier molecular flexibility index (Phi) is 5.97. The van der Waals surface area contributed by atoms with Crippen molar-refractivity contribution in [3.05, 3.63) is 0 Å². The Bertz CT molecular complexity index is 369. The molecule has 0 bridgehead atoms. The third-order valence-electron chi connectivity index (χ3n) is 2.09. The van der Waals surface area contributed by atoms with Crippen molar-refractivity contribution >= 4 is 23.8 Å². The summed E-state index contributed by atoms with van der Waals surface area (Å²) in [6, 6.07) is 0. The maximum atomic E-state index is 11.6. The third kappa shape index (κ3) is 7.02. The summed E-state index contributed by atoms with van der Waals surface area (Å²) < 4.78 is 0. The number of nitrogens with zero attached hydrogens (tertiary/aromatic N) is 1. The highest BCUT2D eigenvalue weighted by molar-refractivity contribution is 5.90. The number of carboxylic acids is 2. The number of nitrogens with one attached hydrogen (secondary N) is 1. The lowest BCUT2D eigenvalue weighted by Crippen LogP contribution is -2.46. The molecule has 3 N–H and O–H groups in total. The van der Waals surface area contributed by atoms with Crippen LogP contribution in [0.1, 0.15) is 20.8 Å². The van der Waals surface area contributed by atoms with Gasteiger partial charge in [0.25, 0.3) is 0 Å². The van der Waals surface area contributed by atoms with Crippen LogP contribution in [-0.2, 0) is 19.2 Å². The molecular formula is C11H18N2O6. The molecule has 0 aromatic carbocycles. The fourth-order valence-corrected chi connectivity index (χ4v) is 1.09. The van der Waals surface area contributed by atoms with Gasteiger partial charge in [0, 0.05) is 5.41 Å². The number of amides is 2. The lowest BCUT2D eigenvalue weighted by atomic mass is 9.96. The minimum Gasteiger partial charge on any atom is -0.480 e. The molecule has 0 saturated heterocycles. The standard InChI is InChI=1S/C11H18N2O6/c1-11(2,3)10(19)12-4-7(14)13(5-8(15)16)6-9(17)18/h4-6H2,1-3H3,(H,12,19)(H,15,16)(H,17,18). The Hall–Kier alpha value is -2.12. The molecule has 0 spiro atoms. The molecule has 2 amide bonds. The van der Waals surface area contributed by atoms with E-state index >= 15 is 0 Å². The van der Waals surface area contributed by atoms with E-state index in [4.69, 9.17) is 10.2 Å². The van der Waals surface area contributed by atoms with Crippen molar-refractivity contribution in [1.29, 1.82) is 0 Å². The topological polar surface area (TPSA) is 124 Å². The highest BCUT2D eigenvalue weighted by Crippen LogP contribution is 2.12. The average Bonchev–Trinajstić information content (AvgIpc) is 2.21. The van der Waals surface area contributed by atoms with Crippen LogP contribution >= 0.6 is 0 Å². The van der Waals surface area contributed by atoms with Gasteiger partial charge in [0.2, 0.25) is 11.8 Å². The van der Waals surface area contributed by atoms with Gasteiger partial charge in [0.05, 0.1) is 6.54 Å². The summed E-state index contributed by atoms with van der Waals surface area (Å²) in [6.45, 7) is 3.07. The third-order valence-corrected chi connectivity index (χ3v) is 2.09. The maximum absolute atomic E-state index is 11.6. The summed E-state index contributed by atoms with van der Waals surface area (Å²) in [6.07, 6.45) is 0. The van der Waals surface area contributed by atoms with Crippen LogP contribution in [0, 0.1) is 5.41 Å². The molecule has 19 heavy (non-hydrogen) atoms. The van der Waals surface area contributed by atoms with E-state index in [-0.39, 0.29) is 5.91 Å². The summed E-state index contributed by atoms with van der Waals surface area (Å²) in [4.78, 5) is 44.8. The largest absolute Gasteiger partial charge is 0.480 e. The van der Waals surface area contributed by atoms with Gasteiger partial charge in [-0.15, -0.1) is 0 Å². The predicted molar refractivity (Wildman–Crippen MR) is 64.3 cm³/mol. The van der Waals surface area contributed by atoms with E-state index in [1.165, 1.54) is 0 Å². The highest BCUT2D eigenvalue weighted by Gasteiger charge is 2.24. The van der Waals surface area contributed by atoms with Crippen LogP contribution < -0.4 is 5.32 Å². The summed E-state index contributed by atoms with van der Waals surface area (Å²) in [7, 11) is 0. The minimum atomic E-state index is -1.32. The number of carbonyl (C=O) groups excluding carboxylic acids is 2. The first kappa shape index (κ1) is 16.9. The molecule has 8 heteroatoms. The molecule has 0 aliphatic rings. The van der Waals surface area contributed by atoms with Crippen molar-refractivity contribution in [1.82, 2.24) is 10.2 Å². The minimum absolute atomic E-state index is 0.383. The quantitative estimate of drug-likeness (QED) is 0.579. The Balaban J connectivity index is 4.52. The zero-order valence-electron chi connectivity index (χ0n) is 11.1. The second kappa shape index (κ2) is 6.72. The fraction of sp³-hybridized carbons (Fsp3) is 0.636. The molecule has 0 fully saturated rings. The molecule has 0 unspecified atom stereocenters. The Morgan fingerprint density at radius 2 is 1.42 bits per heavy atom. The van der Waals surface area contributed by atoms with Gasteiger partial charge in [-0.3, -0.25) is 19.2 Å². The molecule has 0 aliphatic carbocycles. The Morgan fingerprint density at radius 3 is 1.74 bits per heavy atom. The van der Waals surface area contributed by atoms with Gasteiger partial charge in [-0.2, -0.15) is 0 Å². The second-order valence-electron chi connectivity index (χ2n) is 4.97. The normalized spacial score (nSPS) is 10.7. The van der Waals surface area contributed by atoms with Gasteiger partial charge in [-0.1, -0.05) is 20.8 Å². The van der Waals surface area contributed by atoms with E-state index in [1.54, 1.807) is 20.8 Å². The Labute approximate surface area is 110 Å². The van der Waals surface area contributed by atoms with Crippen LogP contribution in [0.4, 0.5) is 0 Å². The molecule has 0 aromatic rings. The average molecular weight is 274 g/mol. The fourth-order valence-electron chi connectivity index (χ4n) is 1.09. The van der Waals surface area contributed by atoms with Gasteiger partial charge in [-0.25, -0.2) is 0 Å². The molecule has 108 valence electrons. The molecule has 0 rings (SSSR count). The molecule has 0 aliphatic heterocycles. The van der Waals surface area contributed by atoms with Crippen molar-refractivity contribution < 1.29 is 29.4 Å². The molecular weight excluding hydrogens is 256 g/mol. The first-order valence-electron chi connectivity index (χ1n) is 5.53. The number of hydrogen-bond donors (Lipinski definition) is 3. The molecule has 0 aromatic heterocycles. The van der Waals surface area contributed by atoms with Crippen LogP contribution in [0.15, 0.2) is 0 Å². The zero-order valence-corrected chi connectivity index (χ0v) is 11.1. The van der Waals surface area contributed by atoms with E-state index < -0.39 is 42.9 Å². The lowest BCUT2D eigenvalue weighted by Gasteiger charge is -2.21. The van der Waals surface area contributed by atoms with E-state index in [0.717, 1.165) is 0 Å². The Morgan fingerprint density at radius 1 is 1.00 bits per heavy atom. The van der Waals surface area contributed by atoms with Crippen molar-refractivity contribution in [3.63, 3.8) is 0 Å². The zero-order chi connectivity index (χ0) is 15.2. The summed E-state index contributed by atoms with van der Waals surface area (Å²) in [5.74, 6) is -3.79. The van der Waals surface area contributed by atoms with Gasteiger partial charge in [-0.05, 0) is 0 Å². The molecule has 0 atom stereocenters. The first-order chi connectivity index (χ1) is 8.54. The van der Waals surface area contributed by atoms with Crippen LogP contribution in [0.3, 0.4) is 0 Å². The van der Waals surface area contributed by atoms with Crippen molar-refractivity contribution in [2.45, 2.75) is 20.8 Å². The molecule has 8 nitrogen and oxygen atoms in total. The van der Waals surface area contributed by atoms with Crippen LogP contribution in [-0.4, -0.2) is 58.5 Å². The molecule has 0 radical (unpaired) electrons.